The van der Waals surface area contributed by atoms with Gasteiger partial charge < -0.3 is 15.5 Å². The van der Waals surface area contributed by atoms with E-state index >= 15 is 0 Å². The number of hydrogen-bond acceptors (Lipinski definition) is 3. The van der Waals surface area contributed by atoms with E-state index in [-0.39, 0.29) is 17.4 Å². The Kier molecular flexibility index (Phi) is 6.27. The molecular weight excluding hydrogens is 290 g/mol. The lowest BCUT2D eigenvalue weighted by atomic mass is 10.1. The summed E-state index contributed by atoms with van der Waals surface area (Å²) in [7, 11) is 0. The molecule has 124 valence electrons. The maximum absolute atomic E-state index is 12.2. The van der Waals surface area contributed by atoms with Gasteiger partial charge in [-0.2, -0.15) is 0 Å². The van der Waals surface area contributed by atoms with Crippen LogP contribution in [-0.2, 0) is 0 Å². The minimum Gasteiger partial charge on any atom is -0.504 e. The summed E-state index contributed by atoms with van der Waals surface area (Å²) < 4.78 is 0. The molecule has 0 atom stereocenters. The van der Waals surface area contributed by atoms with E-state index in [2.05, 4.69) is 12.2 Å². The van der Waals surface area contributed by atoms with Gasteiger partial charge in [0.25, 0.3) is 5.91 Å². The number of phenolic OH excluding ortho intramolecular Hbond substituents is 2. The van der Waals surface area contributed by atoms with Crippen LogP contribution >= 0.6 is 0 Å². The highest BCUT2D eigenvalue weighted by Crippen LogP contribution is 2.30. The third kappa shape index (κ3) is 4.88. The molecule has 1 amide bonds. The van der Waals surface area contributed by atoms with Crippen molar-refractivity contribution in [2.45, 2.75) is 45.4 Å². The molecule has 0 saturated carbocycles. The Bertz CT molecular complexity index is 667. The van der Waals surface area contributed by atoms with Gasteiger partial charge in [0.05, 0.1) is 0 Å². The van der Waals surface area contributed by atoms with E-state index in [0.29, 0.717) is 12.1 Å². The molecule has 23 heavy (non-hydrogen) atoms. The number of benzene rings is 2. The highest BCUT2D eigenvalue weighted by molar-refractivity contribution is 5.99. The van der Waals surface area contributed by atoms with Crippen molar-refractivity contribution in [3.8, 4) is 11.5 Å². The molecule has 0 bridgehead atoms. The van der Waals surface area contributed by atoms with Gasteiger partial charge in [-0.25, -0.2) is 0 Å². The van der Waals surface area contributed by atoms with Gasteiger partial charge in [-0.15, -0.1) is 0 Å². The second-order valence-electron chi connectivity index (χ2n) is 5.93. The Morgan fingerprint density at radius 3 is 2.30 bits per heavy atom. The highest BCUT2D eigenvalue weighted by atomic mass is 16.3. The van der Waals surface area contributed by atoms with Crippen molar-refractivity contribution >= 4 is 16.7 Å². The first-order valence-electron chi connectivity index (χ1n) is 8.35. The van der Waals surface area contributed by atoms with E-state index in [4.69, 9.17) is 0 Å². The zero-order valence-corrected chi connectivity index (χ0v) is 13.6. The Labute approximate surface area is 137 Å². The largest absolute Gasteiger partial charge is 0.504 e. The Hall–Kier alpha value is -2.23. The lowest BCUT2D eigenvalue weighted by Gasteiger charge is -2.07. The molecule has 2 aromatic carbocycles. The summed E-state index contributed by atoms with van der Waals surface area (Å²) in [5, 5.41) is 23.5. The molecule has 0 aliphatic heterocycles. The van der Waals surface area contributed by atoms with Crippen molar-refractivity contribution in [2.24, 2.45) is 0 Å². The van der Waals surface area contributed by atoms with E-state index in [0.717, 1.165) is 23.6 Å². The molecule has 2 rings (SSSR count). The fraction of sp³-hybridized carbons (Fsp3) is 0.421. The Morgan fingerprint density at radius 2 is 1.57 bits per heavy atom. The summed E-state index contributed by atoms with van der Waals surface area (Å²) in [5.41, 5.74) is 0.563. The van der Waals surface area contributed by atoms with Gasteiger partial charge >= 0.3 is 0 Å². The highest BCUT2D eigenvalue weighted by Gasteiger charge is 2.08. The minimum atomic E-state index is -0.179. The van der Waals surface area contributed by atoms with Crippen molar-refractivity contribution in [2.75, 3.05) is 6.54 Å². The van der Waals surface area contributed by atoms with Crippen LogP contribution in [0.4, 0.5) is 0 Å². The molecule has 3 N–H and O–H groups in total. The quantitative estimate of drug-likeness (QED) is 0.501. The number of unbranched alkanes of at least 4 members (excludes halogenated alkanes) is 5. The first-order chi connectivity index (χ1) is 11.1. The first kappa shape index (κ1) is 17.1. The van der Waals surface area contributed by atoms with Gasteiger partial charge in [-0.1, -0.05) is 45.1 Å². The number of fused-ring (bicyclic) bond motifs is 1. The maximum Gasteiger partial charge on any atom is 0.251 e. The molecular formula is C19H25NO3. The van der Waals surface area contributed by atoms with Gasteiger partial charge in [0.1, 0.15) is 0 Å². The van der Waals surface area contributed by atoms with Gasteiger partial charge in [0.2, 0.25) is 0 Å². The van der Waals surface area contributed by atoms with Crippen molar-refractivity contribution in [1.82, 2.24) is 5.32 Å². The summed E-state index contributed by atoms with van der Waals surface area (Å²) in [6.07, 6.45) is 7.16. The average Bonchev–Trinajstić information content (AvgIpc) is 2.54. The van der Waals surface area contributed by atoms with Crippen molar-refractivity contribution in [3.63, 3.8) is 0 Å². The molecule has 0 unspecified atom stereocenters. The number of amides is 1. The van der Waals surface area contributed by atoms with Gasteiger partial charge in [0, 0.05) is 12.1 Å². The topological polar surface area (TPSA) is 69.6 Å². The fourth-order valence-corrected chi connectivity index (χ4v) is 2.62. The fourth-order valence-electron chi connectivity index (χ4n) is 2.62. The molecule has 0 heterocycles. The van der Waals surface area contributed by atoms with Crippen LogP contribution in [0.5, 0.6) is 11.5 Å². The Morgan fingerprint density at radius 1 is 0.913 bits per heavy atom. The van der Waals surface area contributed by atoms with Crippen molar-refractivity contribution < 1.29 is 15.0 Å². The molecule has 4 nitrogen and oxygen atoms in total. The third-order valence-corrected chi connectivity index (χ3v) is 4.01. The van der Waals surface area contributed by atoms with E-state index in [1.54, 1.807) is 18.2 Å². The molecule has 0 aliphatic rings. The standard InChI is InChI=1S/C19H25NO3/c1-2-3-4-5-6-7-10-20-19(23)15-9-8-14-12-17(21)18(22)13-16(14)11-15/h8-9,11-13,21-22H,2-7,10H2,1H3,(H,20,23). The zero-order valence-electron chi connectivity index (χ0n) is 13.6. The molecule has 2 aromatic rings. The van der Waals surface area contributed by atoms with E-state index in [1.807, 2.05) is 0 Å². The van der Waals surface area contributed by atoms with Crippen LogP contribution in [-0.4, -0.2) is 22.7 Å². The number of carbonyl (C=O) groups excluding carboxylic acids is 1. The van der Waals surface area contributed by atoms with Crippen LogP contribution in [0, 0.1) is 0 Å². The van der Waals surface area contributed by atoms with Crippen molar-refractivity contribution in [1.29, 1.82) is 0 Å². The SMILES string of the molecule is CCCCCCCCNC(=O)c1ccc2cc(O)c(O)cc2c1. The van der Waals surface area contributed by atoms with Gasteiger partial charge in [-0.3, -0.25) is 4.79 Å². The van der Waals surface area contributed by atoms with E-state index in [9.17, 15) is 15.0 Å². The van der Waals surface area contributed by atoms with Crippen LogP contribution in [0.25, 0.3) is 10.8 Å². The lowest BCUT2D eigenvalue weighted by Crippen LogP contribution is -2.24. The molecule has 0 radical (unpaired) electrons. The molecule has 0 saturated heterocycles. The number of aromatic hydroxyl groups is 2. The minimum absolute atomic E-state index is 0.104. The Balaban J connectivity index is 1.87. The molecule has 4 heteroatoms. The van der Waals surface area contributed by atoms with Crippen LogP contribution in [0.15, 0.2) is 30.3 Å². The number of phenols is 2. The number of rotatable bonds is 8. The van der Waals surface area contributed by atoms with E-state index < -0.39 is 0 Å². The first-order valence-corrected chi connectivity index (χ1v) is 8.35. The summed E-state index contributed by atoms with van der Waals surface area (Å²) in [5.74, 6) is -0.437. The molecule has 0 aromatic heterocycles. The predicted octanol–water partition coefficient (Wildman–Crippen LogP) is 4.34. The van der Waals surface area contributed by atoms with Crippen LogP contribution in [0.3, 0.4) is 0 Å². The van der Waals surface area contributed by atoms with Crippen LogP contribution < -0.4 is 5.32 Å². The van der Waals surface area contributed by atoms with Gasteiger partial charge in [0.15, 0.2) is 11.5 Å². The molecule has 0 aliphatic carbocycles. The summed E-state index contributed by atoms with van der Waals surface area (Å²) in [6, 6.07) is 8.19. The maximum atomic E-state index is 12.2. The second kappa shape index (κ2) is 8.42. The molecule has 0 fully saturated rings. The smallest absolute Gasteiger partial charge is 0.251 e. The van der Waals surface area contributed by atoms with Gasteiger partial charge in [-0.05, 0) is 41.5 Å². The number of hydrogen-bond donors (Lipinski definition) is 3. The number of nitrogens with one attached hydrogen (secondary N) is 1. The second-order valence-corrected chi connectivity index (χ2v) is 5.93. The summed E-state index contributed by atoms with van der Waals surface area (Å²) in [4.78, 5) is 12.2. The van der Waals surface area contributed by atoms with Crippen LogP contribution in [0.1, 0.15) is 55.8 Å². The zero-order chi connectivity index (χ0) is 16.7. The summed E-state index contributed by atoms with van der Waals surface area (Å²) in [6.45, 7) is 2.88. The normalized spacial score (nSPS) is 10.8. The monoisotopic (exact) mass is 315 g/mol. The van der Waals surface area contributed by atoms with Crippen molar-refractivity contribution in [3.05, 3.63) is 35.9 Å². The predicted molar refractivity (Wildman–Crippen MR) is 93.0 cm³/mol. The van der Waals surface area contributed by atoms with E-state index in [1.165, 1.54) is 37.8 Å². The lowest BCUT2D eigenvalue weighted by molar-refractivity contribution is 0.0953. The summed E-state index contributed by atoms with van der Waals surface area (Å²) >= 11 is 0. The number of carbonyl (C=O) groups is 1. The van der Waals surface area contributed by atoms with Crippen LogP contribution in [0.2, 0.25) is 0 Å². The molecule has 0 spiro atoms. The third-order valence-electron chi connectivity index (χ3n) is 4.01. The average molecular weight is 315 g/mol.